The minimum Gasteiger partial charge on any atom is -0.354 e. The van der Waals surface area contributed by atoms with Crippen LogP contribution in [0.25, 0.3) is 11.0 Å². The van der Waals surface area contributed by atoms with Crippen molar-refractivity contribution in [2.45, 2.75) is 13.3 Å². The number of hydrazine groups is 1. The molecule has 6 nitrogen and oxygen atoms in total. The molecule has 0 bridgehead atoms. The Hall–Kier alpha value is -1.82. The largest absolute Gasteiger partial charge is 0.354 e. The number of nitrogens with zero attached hydrogens (tertiary/aromatic N) is 5. The molecule has 0 amide bonds. The summed E-state index contributed by atoms with van der Waals surface area (Å²) >= 11 is 0. The molecule has 0 atom stereocenters. The predicted molar refractivity (Wildman–Crippen MR) is 79.4 cm³/mol. The Morgan fingerprint density at radius 1 is 1.26 bits per heavy atom. The standard InChI is InChI=1S/C13H22N6/c1-6-8-14-13-15-11-10(7-9-18(11)4)12(16-13)19(5)17(2)3/h7,9H,6,8H2,1-5H3,(H,14,15,16). The highest BCUT2D eigenvalue weighted by molar-refractivity contribution is 5.88. The van der Waals surface area contributed by atoms with Gasteiger partial charge in [0, 0.05) is 40.9 Å². The number of rotatable bonds is 5. The molecule has 2 rings (SSSR count). The van der Waals surface area contributed by atoms with E-state index in [0.29, 0.717) is 5.95 Å². The molecule has 104 valence electrons. The highest BCUT2D eigenvalue weighted by Crippen LogP contribution is 2.25. The summed E-state index contributed by atoms with van der Waals surface area (Å²) in [6, 6.07) is 2.05. The lowest BCUT2D eigenvalue weighted by atomic mass is 10.3. The Balaban J connectivity index is 2.52. The zero-order valence-electron chi connectivity index (χ0n) is 12.3. The second-order valence-corrected chi connectivity index (χ2v) is 4.83. The summed E-state index contributed by atoms with van der Waals surface area (Å²) in [7, 11) is 7.99. The first-order valence-corrected chi connectivity index (χ1v) is 6.52. The number of hydrogen-bond acceptors (Lipinski definition) is 5. The van der Waals surface area contributed by atoms with Gasteiger partial charge in [0.1, 0.15) is 5.65 Å². The van der Waals surface area contributed by atoms with Crippen molar-refractivity contribution in [2.24, 2.45) is 7.05 Å². The summed E-state index contributed by atoms with van der Waals surface area (Å²) in [6.45, 7) is 3.00. The summed E-state index contributed by atoms with van der Waals surface area (Å²) in [4.78, 5) is 9.19. The van der Waals surface area contributed by atoms with Gasteiger partial charge >= 0.3 is 0 Å². The fourth-order valence-electron chi connectivity index (χ4n) is 1.87. The smallest absolute Gasteiger partial charge is 0.226 e. The van der Waals surface area contributed by atoms with Crippen molar-refractivity contribution in [3.05, 3.63) is 12.3 Å². The second-order valence-electron chi connectivity index (χ2n) is 4.83. The molecule has 0 saturated heterocycles. The highest BCUT2D eigenvalue weighted by Gasteiger charge is 2.14. The van der Waals surface area contributed by atoms with Crippen molar-refractivity contribution in [2.75, 3.05) is 38.0 Å². The van der Waals surface area contributed by atoms with Crippen LogP contribution in [-0.4, -0.2) is 47.2 Å². The Morgan fingerprint density at radius 3 is 2.63 bits per heavy atom. The van der Waals surface area contributed by atoms with E-state index in [-0.39, 0.29) is 0 Å². The van der Waals surface area contributed by atoms with Crippen LogP contribution in [0.15, 0.2) is 12.3 Å². The Morgan fingerprint density at radius 2 is 2.00 bits per heavy atom. The molecule has 0 spiro atoms. The molecule has 0 aliphatic heterocycles. The molecule has 1 N–H and O–H groups in total. The van der Waals surface area contributed by atoms with E-state index < -0.39 is 0 Å². The molecule has 0 unspecified atom stereocenters. The van der Waals surface area contributed by atoms with Crippen molar-refractivity contribution in [1.82, 2.24) is 19.5 Å². The van der Waals surface area contributed by atoms with Crippen LogP contribution < -0.4 is 10.3 Å². The minimum absolute atomic E-state index is 0.680. The third-order valence-electron chi connectivity index (χ3n) is 3.14. The summed E-state index contributed by atoms with van der Waals surface area (Å²) in [5.41, 5.74) is 0.942. The zero-order valence-corrected chi connectivity index (χ0v) is 12.3. The van der Waals surface area contributed by atoms with E-state index in [9.17, 15) is 0 Å². The van der Waals surface area contributed by atoms with E-state index in [0.717, 1.165) is 29.8 Å². The second kappa shape index (κ2) is 5.44. The van der Waals surface area contributed by atoms with Crippen LogP contribution in [0.5, 0.6) is 0 Å². The first-order valence-electron chi connectivity index (χ1n) is 6.52. The van der Waals surface area contributed by atoms with Crippen LogP contribution in [0, 0.1) is 0 Å². The van der Waals surface area contributed by atoms with Crippen molar-refractivity contribution in [1.29, 1.82) is 0 Å². The van der Waals surface area contributed by atoms with E-state index in [1.807, 2.05) is 55.0 Å². The molecule has 0 aliphatic carbocycles. The van der Waals surface area contributed by atoms with Crippen molar-refractivity contribution < 1.29 is 0 Å². The summed E-state index contributed by atoms with van der Waals surface area (Å²) in [5, 5.41) is 8.33. The Labute approximate surface area is 114 Å². The van der Waals surface area contributed by atoms with Crippen LogP contribution >= 0.6 is 0 Å². The average molecular weight is 262 g/mol. The monoisotopic (exact) mass is 262 g/mol. The van der Waals surface area contributed by atoms with E-state index in [1.54, 1.807) is 0 Å². The number of hydrogen-bond donors (Lipinski definition) is 1. The highest BCUT2D eigenvalue weighted by atomic mass is 15.6. The number of fused-ring (bicyclic) bond motifs is 1. The molecule has 2 aromatic heterocycles. The Bertz CT molecular complexity index is 560. The molecule has 2 heterocycles. The Kier molecular flexibility index (Phi) is 3.90. The lowest BCUT2D eigenvalue weighted by molar-refractivity contribution is 0.395. The molecular weight excluding hydrogens is 240 g/mol. The molecule has 2 aromatic rings. The van der Waals surface area contributed by atoms with E-state index in [1.165, 1.54) is 0 Å². The lowest BCUT2D eigenvalue weighted by Gasteiger charge is -2.26. The third kappa shape index (κ3) is 2.63. The van der Waals surface area contributed by atoms with Gasteiger partial charge < -0.3 is 9.88 Å². The number of aryl methyl sites for hydroxylation is 1. The summed E-state index contributed by atoms with van der Waals surface area (Å²) in [6.07, 6.45) is 3.06. The number of nitrogens with one attached hydrogen (secondary N) is 1. The number of aromatic nitrogens is 3. The normalized spacial score (nSPS) is 11.3. The molecule has 0 aliphatic rings. The van der Waals surface area contributed by atoms with Crippen LogP contribution in [0.4, 0.5) is 11.8 Å². The van der Waals surface area contributed by atoms with Gasteiger partial charge in [-0.25, -0.2) is 5.01 Å². The van der Waals surface area contributed by atoms with Gasteiger partial charge in [0.15, 0.2) is 5.82 Å². The van der Waals surface area contributed by atoms with E-state index in [4.69, 9.17) is 0 Å². The van der Waals surface area contributed by atoms with Crippen molar-refractivity contribution in [3.8, 4) is 0 Å². The van der Waals surface area contributed by atoms with Gasteiger partial charge in [-0.05, 0) is 12.5 Å². The molecule has 0 fully saturated rings. The quantitative estimate of drug-likeness (QED) is 0.831. The van der Waals surface area contributed by atoms with Crippen LogP contribution in [-0.2, 0) is 7.05 Å². The summed E-state index contributed by atoms with van der Waals surface area (Å²) in [5.74, 6) is 1.59. The molecule has 0 radical (unpaired) electrons. The van der Waals surface area contributed by atoms with E-state index >= 15 is 0 Å². The first-order chi connectivity index (χ1) is 9.04. The van der Waals surface area contributed by atoms with Crippen LogP contribution in [0.3, 0.4) is 0 Å². The van der Waals surface area contributed by atoms with Gasteiger partial charge in [0.2, 0.25) is 5.95 Å². The number of anilines is 2. The molecule has 19 heavy (non-hydrogen) atoms. The third-order valence-corrected chi connectivity index (χ3v) is 3.14. The van der Waals surface area contributed by atoms with Gasteiger partial charge in [-0.1, -0.05) is 6.92 Å². The maximum Gasteiger partial charge on any atom is 0.226 e. The first kappa shape index (κ1) is 13.6. The average Bonchev–Trinajstić information content (AvgIpc) is 2.76. The van der Waals surface area contributed by atoms with Crippen molar-refractivity contribution in [3.63, 3.8) is 0 Å². The van der Waals surface area contributed by atoms with Crippen LogP contribution in [0.1, 0.15) is 13.3 Å². The topological polar surface area (TPSA) is 49.2 Å². The summed E-state index contributed by atoms with van der Waals surface area (Å²) < 4.78 is 2.02. The van der Waals surface area contributed by atoms with Gasteiger partial charge in [-0.2, -0.15) is 9.97 Å². The molecule has 0 aromatic carbocycles. The SMILES string of the molecule is CCCNc1nc(N(C)N(C)C)c2ccn(C)c2n1. The molecular formula is C13H22N6. The lowest BCUT2D eigenvalue weighted by Crippen LogP contribution is -2.34. The van der Waals surface area contributed by atoms with Gasteiger partial charge in [0.05, 0.1) is 5.39 Å². The fraction of sp³-hybridized carbons (Fsp3) is 0.538. The fourth-order valence-corrected chi connectivity index (χ4v) is 1.87. The minimum atomic E-state index is 0.680. The predicted octanol–water partition coefficient (Wildman–Crippen LogP) is 1.70. The maximum absolute atomic E-state index is 4.62. The van der Waals surface area contributed by atoms with E-state index in [2.05, 4.69) is 22.2 Å². The molecule has 6 heteroatoms. The van der Waals surface area contributed by atoms with Gasteiger partial charge in [-0.3, -0.25) is 5.01 Å². The van der Waals surface area contributed by atoms with Gasteiger partial charge in [-0.15, -0.1) is 0 Å². The van der Waals surface area contributed by atoms with Crippen LogP contribution in [0.2, 0.25) is 0 Å². The zero-order chi connectivity index (χ0) is 14.0. The maximum atomic E-state index is 4.62. The molecule has 0 saturated carbocycles. The van der Waals surface area contributed by atoms with Crippen molar-refractivity contribution >= 4 is 22.8 Å². The van der Waals surface area contributed by atoms with Gasteiger partial charge in [0.25, 0.3) is 0 Å².